The minimum absolute atomic E-state index is 0.0450. The van der Waals surface area contributed by atoms with Gasteiger partial charge in [0.1, 0.15) is 11.9 Å². The molecule has 2 aromatic rings. The summed E-state index contributed by atoms with van der Waals surface area (Å²) in [5.74, 6) is -5.04. The average molecular weight is 581 g/mol. The molecule has 13 heteroatoms. The van der Waals surface area contributed by atoms with Crippen LogP contribution >= 0.6 is 22.9 Å². The summed E-state index contributed by atoms with van der Waals surface area (Å²) in [4.78, 5) is 35.2. The fourth-order valence-electron chi connectivity index (χ4n) is 7.10. The summed E-state index contributed by atoms with van der Waals surface area (Å²) in [6.07, 6.45) is 2.18. The maximum Gasteiger partial charge on any atom is 0.338 e. The lowest BCUT2D eigenvalue weighted by Gasteiger charge is -2.71. The zero-order valence-corrected chi connectivity index (χ0v) is 22.2. The Hall–Kier alpha value is -2.96. The molecular formula is C26H24ClF3N4O4S. The van der Waals surface area contributed by atoms with Gasteiger partial charge < -0.3 is 15.2 Å². The van der Waals surface area contributed by atoms with Crippen LogP contribution in [-0.4, -0.2) is 64.4 Å². The molecule has 1 saturated heterocycles. The third-order valence-electron chi connectivity index (χ3n) is 8.36. The minimum Gasteiger partial charge on any atom is -0.481 e. The van der Waals surface area contributed by atoms with Crippen LogP contribution in [0, 0.1) is 17.2 Å². The van der Waals surface area contributed by atoms with Crippen molar-refractivity contribution in [3.63, 3.8) is 0 Å². The third-order valence-corrected chi connectivity index (χ3v) is 9.46. The van der Waals surface area contributed by atoms with Crippen molar-refractivity contribution in [3.8, 4) is 0 Å². The number of likely N-dealkylation sites (tertiary alicyclic amines) is 1. The first-order valence-electron chi connectivity index (χ1n) is 12.4. The number of nitrogens with zero attached hydrogens (tertiary/aromatic N) is 3. The number of nitrogens with one attached hydrogen (secondary N) is 1. The van der Waals surface area contributed by atoms with E-state index < -0.39 is 41.2 Å². The van der Waals surface area contributed by atoms with E-state index in [0.717, 1.165) is 6.07 Å². The van der Waals surface area contributed by atoms with Crippen LogP contribution in [0.1, 0.15) is 42.3 Å². The van der Waals surface area contributed by atoms with Crippen molar-refractivity contribution in [2.75, 3.05) is 13.7 Å². The van der Waals surface area contributed by atoms with Crippen molar-refractivity contribution in [1.82, 2.24) is 15.2 Å². The first-order chi connectivity index (χ1) is 18.5. The number of piperidine rings is 1. The molecule has 2 N–H and O–H groups in total. The first kappa shape index (κ1) is 26.3. The second-order valence-electron chi connectivity index (χ2n) is 10.6. The van der Waals surface area contributed by atoms with Crippen molar-refractivity contribution in [3.05, 3.63) is 62.5 Å². The second-order valence-corrected chi connectivity index (χ2v) is 11.9. The number of amidine groups is 1. The van der Waals surface area contributed by atoms with Gasteiger partial charge in [-0.1, -0.05) is 17.7 Å². The Kier molecular flexibility index (Phi) is 6.27. The highest BCUT2D eigenvalue weighted by molar-refractivity contribution is 7.11. The molecule has 2 aliphatic carbocycles. The van der Waals surface area contributed by atoms with Gasteiger partial charge in [0.05, 0.1) is 18.7 Å². The van der Waals surface area contributed by atoms with Gasteiger partial charge >= 0.3 is 11.9 Å². The number of aliphatic carboxylic acids is 1. The van der Waals surface area contributed by atoms with Crippen molar-refractivity contribution in [2.24, 2.45) is 16.3 Å². The molecule has 3 fully saturated rings. The molecule has 1 aromatic heterocycles. The van der Waals surface area contributed by atoms with E-state index >= 15 is 0 Å². The predicted octanol–water partition coefficient (Wildman–Crippen LogP) is 4.42. The summed E-state index contributed by atoms with van der Waals surface area (Å²) in [6, 6.07) is 1.45. The molecule has 39 heavy (non-hydrogen) atoms. The topological polar surface area (TPSA) is 104 Å². The van der Waals surface area contributed by atoms with Crippen LogP contribution in [0.2, 0.25) is 5.02 Å². The monoisotopic (exact) mass is 580 g/mol. The van der Waals surface area contributed by atoms with E-state index in [-0.39, 0.29) is 41.9 Å². The Morgan fingerprint density at radius 3 is 2.79 bits per heavy atom. The highest BCUT2D eigenvalue weighted by Crippen LogP contribution is 2.72. The molecule has 4 aliphatic rings. The van der Waals surface area contributed by atoms with Gasteiger partial charge in [-0.3, -0.25) is 14.7 Å². The van der Waals surface area contributed by atoms with Crippen molar-refractivity contribution >= 4 is 40.7 Å². The summed E-state index contributed by atoms with van der Waals surface area (Å²) in [7, 11) is 1.21. The number of methoxy groups -OCH3 is 1. The van der Waals surface area contributed by atoms with E-state index in [9.17, 15) is 27.9 Å². The van der Waals surface area contributed by atoms with Crippen LogP contribution in [0.15, 0.2) is 46.0 Å². The number of carbonyl (C=O) groups is 2. The molecule has 3 heterocycles. The summed E-state index contributed by atoms with van der Waals surface area (Å²) in [6.45, 7) is -0.0450. The van der Waals surface area contributed by atoms with E-state index in [1.165, 1.54) is 30.6 Å². The number of hydrogen-bond acceptors (Lipinski definition) is 8. The van der Waals surface area contributed by atoms with E-state index in [4.69, 9.17) is 16.3 Å². The molecule has 0 amide bonds. The van der Waals surface area contributed by atoms with Crippen LogP contribution in [-0.2, 0) is 14.3 Å². The predicted molar refractivity (Wildman–Crippen MR) is 136 cm³/mol. The van der Waals surface area contributed by atoms with E-state index in [1.807, 2.05) is 0 Å². The number of benzene rings is 1. The van der Waals surface area contributed by atoms with E-state index in [1.54, 1.807) is 16.5 Å². The highest BCUT2D eigenvalue weighted by Gasteiger charge is 2.80. The molecule has 1 aromatic carbocycles. The van der Waals surface area contributed by atoms with Crippen LogP contribution in [0.5, 0.6) is 0 Å². The number of carbonyl (C=O) groups excluding carboxylic acids is 1. The Bertz CT molecular complexity index is 1420. The molecule has 2 saturated carbocycles. The van der Waals surface area contributed by atoms with Gasteiger partial charge in [-0.15, -0.1) is 11.3 Å². The standard InChI is InChI=1S/C26H24ClF3N4O4S/c1-38-23(37)19-16(10-34-17-6-12(7-18(35)36)9-25(17)11-26(29,30)24(25)34)32-21(22-31-4-5-39-22)33-20(19)14-3-2-13(28)8-15(14)27/h2-5,8,12,17,20,24H,6-7,9-11H2,1H3,(H,32,33)(H,35,36)/t12-,17+,20-,24-,25?/m0/s1. The lowest BCUT2D eigenvalue weighted by atomic mass is 9.51. The van der Waals surface area contributed by atoms with Gasteiger partial charge in [0.2, 0.25) is 0 Å². The Labute approximate surface area is 230 Å². The maximum atomic E-state index is 14.9. The zero-order chi connectivity index (χ0) is 27.7. The first-order valence-corrected chi connectivity index (χ1v) is 13.7. The lowest BCUT2D eigenvalue weighted by molar-refractivity contribution is -0.321. The third kappa shape index (κ3) is 4.15. The highest BCUT2D eigenvalue weighted by atomic mass is 35.5. The van der Waals surface area contributed by atoms with Gasteiger partial charge in [-0.25, -0.2) is 22.9 Å². The molecule has 1 spiro atoms. The molecule has 0 bridgehead atoms. The van der Waals surface area contributed by atoms with Crippen LogP contribution in [0.4, 0.5) is 13.2 Å². The van der Waals surface area contributed by atoms with Crippen LogP contribution in [0.25, 0.3) is 0 Å². The number of carboxylic acid groups (broad SMARTS) is 1. The van der Waals surface area contributed by atoms with Gasteiger partial charge in [0.25, 0.3) is 5.92 Å². The molecule has 6 rings (SSSR count). The largest absolute Gasteiger partial charge is 0.481 e. The minimum atomic E-state index is -2.93. The molecule has 2 aliphatic heterocycles. The number of aliphatic imine (C=N–C) groups is 1. The average Bonchev–Trinajstić information content (AvgIpc) is 3.49. The van der Waals surface area contributed by atoms with E-state index in [0.29, 0.717) is 34.9 Å². The van der Waals surface area contributed by atoms with Crippen molar-refractivity contribution < 1.29 is 32.6 Å². The quantitative estimate of drug-likeness (QED) is 0.467. The van der Waals surface area contributed by atoms with Crippen molar-refractivity contribution in [1.29, 1.82) is 0 Å². The molecule has 5 atom stereocenters. The Morgan fingerprint density at radius 1 is 1.36 bits per heavy atom. The lowest BCUT2D eigenvalue weighted by Crippen LogP contribution is -2.83. The summed E-state index contributed by atoms with van der Waals surface area (Å²) in [5, 5.41) is 14.7. The Balaban J connectivity index is 1.41. The number of carboxylic acids is 1. The number of rotatable bonds is 7. The normalized spacial score (nSPS) is 30.8. The molecule has 8 nitrogen and oxygen atoms in total. The van der Waals surface area contributed by atoms with Crippen LogP contribution < -0.4 is 5.32 Å². The van der Waals surface area contributed by atoms with Gasteiger partial charge in [0.15, 0.2) is 10.8 Å². The molecule has 0 radical (unpaired) electrons. The summed E-state index contributed by atoms with van der Waals surface area (Å²) < 4.78 is 48.8. The van der Waals surface area contributed by atoms with E-state index in [2.05, 4.69) is 15.3 Å². The van der Waals surface area contributed by atoms with Crippen molar-refractivity contribution in [2.45, 2.75) is 49.7 Å². The second kappa shape index (κ2) is 9.31. The SMILES string of the molecule is COC(=O)C1=C(CN2[C@@H]3C(F)(F)CC34C[C@H](CC(=O)O)C[C@@H]24)NC(c2nccs2)=N[C@H]1c1ccc(F)cc1Cl. The number of hydrogen-bond donors (Lipinski definition) is 2. The van der Waals surface area contributed by atoms with Gasteiger partial charge in [-0.2, -0.15) is 0 Å². The summed E-state index contributed by atoms with van der Waals surface area (Å²) >= 11 is 7.68. The smallest absolute Gasteiger partial charge is 0.338 e. The summed E-state index contributed by atoms with van der Waals surface area (Å²) in [5.41, 5.74) is 0.105. The zero-order valence-electron chi connectivity index (χ0n) is 20.7. The number of halogens is 4. The number of esters is 1. The molecule has 1 unspecified atom stereocenters. The number of ether oxygens (including phenoxy) is 1. The number of aromatic nitrogens is 1. The maximum absolute atomic E-state index is 14.9. The Morgan fingerprint density at radius 2 is 2.15 bits per heavy atom. The number of thiazole rings is 1. The van der Waals surface area contributed by atoms with Gasteiger partial charge in [-0.05, 0) is 30.9 Å². The molecule has 206 valence electrons. The number of alkyl halides is 2. The fraction of sp³-hybridized carbons (Fsp3) is 0.462. The van der Waals surface area contributed by atoms with Crippen LogP contribution in [0.3, 0.4) is 0 Å². The fourth-order valence-corrected chi connectivity index (χ4v) is 7.96. The molecular weight excluding hydrogens is 557 g/mol. The van der Waals surface area contributed by atoms with Gasteiger partial charge in [0, 0.05) is 58.7 Å².